The molecule has 2 aromatic heterocycles. The summed E-state index contributed by atoms with van der Waals surface area (Å²) in [6.45, 7) is 4.15. The van der Waals surface area contributed by atoms with Crippen LogP contribution >= 0.6 is 27.3 Å². The van der Waals surface area contributed by atoms with Crippen LogP contribution < -0.4 is 5.73 Å². The van der Waals surface area contributed by atoms with Crippen molar-refractivity contribution in [1.82, 2.24) is 5.16 Å². The van der Waals surface area contributed by atoms with E-state index in [0.717, 1.165) is 20.6 Å². The third-order valence-electron chi connectivity index (χ3n) is 2.17. The molecule has 0 aromatic carbocycles. The molecule has 2 rings (SSSR count). The quantitative estimate of drug-likeness (QED) is 0.912. The summed E-state index contributed by atoms with van der Waals surface area (Å²) >= 11 is 5.05. The van der Waals surface area contributed by atoms with E-state index >= 15 is 0 Å². The van der Waals surface area contributed by atoms with E-state index in [2.05, 4.69) is 34.9 Å². The Hall–Kier alpha value is -0.810. The molecule has 0 aliphatic heterocycles. The minimum absolute atomic E-state index is 0.310. The number of nitrogen functional groups attached to an aromatic ring is 1. The maximum absolute atomic E-state index is 5.75. The van der Waals surface area contributed by atoms with E-state index in [1.807, 2.05) is 11.4 Å². The lowest BCUT2D eigenvalue weighted by Gasteiger charge is -2.03. The number of rotatable bonds is 2. The molecule has 0 fully saturated rings. The summed E-state index contributed by atoms with van der Waals surface area (Å²) in [6, 6.07) is 2.02. The molecule has 2 heterocycles. The molecule has 5 heteroatoms. The maximum Gasteiger partial charge on any atom is 0.226 e. The van der Waals surface area contributed by atoms with Gasteiger partial charge in [-0.3, -0.25) is 0 Å². The predicted octanol–water partition coefficient (Wildman–Crippen LogP) is 3.87. The van der Waals surface area contributed by atoms with E-state index in [1.165, 1.54) is 0 Å². The Labute approximate surface area is 100 Å². The number of nitrogens with zero attached hydrogens (tertiary/aromatic N) is 1. The highest BCUT2D eigenvalue weighted by Gasteiger charge is 2.18. The van der Waals surface area contributed by atoms with E-state index in [1.54, 1.807) is 11.3 Å². The Morgan fingerprint density at radius 3 is 2.80 bits per heavy atom. The van der Waals surface area contributed by atoms with Gasteiger partial charge in [-0.05, 0) is 27.9 Å². The zero-order valence-electron chi connectivity index (χ0n) is 8.45. The van der Waals surface area contributed by atoms with Gasteiger partial charge in [0.05, 0.1) is 3.79 Å². The second kappa shape index (κ2) is 3.98. The first-order valence-electron chi connectivity index (χ1n) is 4.59. The molecule has 15 heavy (non-hydrogen) atoms. The van der Waals surface area contributed by atoms with Crippen LogP contribution in [0.5, 0.6) is 0 Å². The highest BCUT2D eigenvalue weighted by Crippen LogP contribution is 2.36. The molecule has 0 aliphatic carbocycles. The van der Waals surface area contributed by atoms with Crippen molar-refractivity contribution in [2.45, 2.75) is 19.8 Å². The van der Waals surface area contributed by atoms with Crippen molar-refractivity contribution < 1.29 is 4.52 Å². The minimum atomic E-state index is 0.310. The Morgan fingerprint density at radius 2 is 2.27 bits per heavy atom. The van der Waals surface area contributed by atoms with Gasteiger partial charge < -0.3 is 10.3 Å². The van der Waals surface area contributed by atoms with Crippen LogP contribution in [0.15, 0.2) is 19.8 Å². The predicted molar refractivity (Wildman–Crippen MR) is 66.0 cm³/mol. The molecule has 2 aromatic rings. The fourth-order valence-electron chi connectivity index (χ4n) is 1.51. The molecule has 80 valence electrons. The summed E-state index contributed by atoms with van der Waals surface area (Å²) < 4.78 is 6.12. The summed E-state index contributed by atoms with van der Waals surface area (Å²) in [5.41, 5.74) is 8.64. The van der Waals surface area contributed by atoms with Crippen LogP contribution in [0.1, 0.15) is 25.3 Å². The fourth-order valence-corrected chi connectivity index (χ4v) is 2.65. The average Bonchev–Trinajstić information content (AvgIpc) is 2.71. The number of aromatic nitrogens is 1. The van der Waals surface area contributed by atoms with Crippen LogP contribution in [-0.2, 0) is 0 Å². The normalized spacial score (nSPS) is 11.2. The topological polar surface area (TPSA) is 52.0 Å². The van der Waals surface area contributed by atoms with Gasteiger partial charge >= 0.3 is 0 Å². The molecular formula is C10H11BrN2OS. The Bertz CT molecular complexity index is 475. The number of hydrogen-bond acceptors (Lipinski definition) is 4. The van der Waals surface area contributed by atoms with Crippen molar-refractivity contribution in [3.8, 4) is 11.3 Å². The third kappa shape index (κ3) is 1.94. The van der Waals surface area contributed by atoms with E-state index in [-0.39, 0.29) is 0 Å². The molecular weight excluding hydrogens is 276 g/mol. The molecule has 0 saturated heterocycles. The number of nitrogens with two attached hydrogens (primary N) is 1. The number of anilines is 1. The van der Waals surface area contributed by atoms with Crippen LogP contribution in [0.3, 0.4) is 0 Å². The van der Waals surface area contributed by atoms with E-state index in [0.29, 0.717) is 11.8 Å². The van der Waals surface area contributed by atoms with Gasteiger partial charge in [0.2, 0.25) is 5.88 Å². The van der Waals surface area contributed by atoms with Gasteiger partial charge in [0.25, 0.3) is 0 Å². The lowest BCUT2D eigenvalue weighted by molar-refractivity contribution is 0.438. The van der Waals surface area contributed by atoms with Gasteiger partial charge in [0, 0.05) is 16.5 Å². The van der Waals surface area contributed by atoms with Crippen LogP contribution in [0, 0.1) is 0 Å². The third-order valence-corrected chi connectivity index (χ3v) is 3.68. The summed E-state index contributed by atoms with van der Waals surface area (Å²) in [6.07, 6.45) is 0. The van der Waals surface area contributed by atoms with Gasteiger partial charge in [-0.2, -0.15) is 0 Å². The first-order chi connectivity index (χ1) is 7.09. The van der Waals surface area contributed by atoms with E-state index in [9.17, 15) is 0 Å². The molecule has 2 N–H and O–H groups in total. The molecule has 0 spiro atoms. The minimum Gasteiger partial charge on any atom is -0.367 e. The summed E-state index contributed by atoms with van der Waals surface area (Å²) in [4.78, 5) is 0. The van der Waals surface area contributed by atoms with Crippen molar-refractivity contribution in [1.29, 1.82) is 0 Å². The van der Waals surface area contributed by atoms with Gasteiger partial charge in [-0.25, -0.2) is 0 Å². The fraction of sp³-hybridized carbons (Fsp3) is 0.300. The molecule has 0 saturated carbocycles. The molecule has 0 atom stereocenters. The van der Waals surface area contributed by atoms with Gasteiger partial charge in [0.1, 0.15) is 5.69 Å². The Kier molecular flexibility index (Phi) is 2.84. The van der Waals surface area contributed by atoms with E-state index < -0.39 is 0 Å². The first-order valence-corrected chi connectivity index (χ1v) is 6.26. The zero-order chi connectivity index (χ0) is 11.0. The second-order valence-corrected chi connectivity index (χ2v) is 5.89. The summed E-state index contributed by atoms with van der Waals surface area (Å²) in [5.74, 6) is 0.729. The Balaban J connectivity index is 2.53. The number of thiophene rings is 1. The lowest BCUT2D eigenvalue weighted by atomic mass is 10.0. The second-order valence-electron chi connectivity index (χ2n) is 3.60. The van der Waals surface area contributed by atoms with Gasteiger partial charge in [-0.1, -0.05) is 19.0 Å². The monoisotopic (exact) mass is 286 g/mol. The number of hydrogen-bond donors (Lipinski definition) is 1. The average molecular weight is 287 g/mol. The molecule has 0 amide bonds. The first kappa shape index (κ1) is 10.7. The summed E-state index contributed by atoms with van der Waals surface area (Å²) in [7, 11) is 0. The molecule has 0 aliphatic rings. The smallest absolute Gasteiger partial charge is 0.226 e. The molecule has 0 bridgehead atoms. The van der Waals surface area contributed by atoms with Crippen molar-refractivity contribution in [2.75, 3.05) is 5.73 Å². The van der Waals surface area contributed by atoms with Crippen LogP contribution in [0.25, 0.3) is 11.3 Å². The van der Waals surface area contributed by atoms with Crippen LogP contribution in [0.2, 0.25) is 0 Å². The van der Waals surface area contributed by atoms with Crippen molar-refractivity contribution in [2.24, 2.45) is 0 Å². The summed E-state index contributed by atoms with van der Waals surface area (Å²) in [5, 5.41) is 6.04. The number of halogens is 1. The Morgan fingerprint density at radius 1 is 1.53 bits per heavy atom. The van der Waals surface area contributed by atoms with Crippen molar-refractivity contribution in [3.63, 3.8) is 0 Å². The van der Waals surface area contributed by atoms with Crippen molar-refractivity contribution in [3.05, 3.63) is 20.8 Å². The van der Waals surface area contributed by atoms with Crippen LogP contribution in [-0.4, -0.2) is 5.16 Å². The van der Waals surface area contributed by atoms with Crippen LogP contribution in [0.4, 0.5) is 5.88 Å². The van der Waals surface area contributed by atoms with Gasteiger partial charge in [-0.15, -0.1) is 11.3 Å². The highest BCUT2D eigenvalue weighted by atomic mass is 79.9. The SMILES string of the molecule is CC(C)c1c(-c2csc(Br)c2)noc1N. The van der Waals surface area contributed by atoms with E-state index in [4.69, 9.17) is 10.3 Å². The zero-order valence-corrected chi connectivity index (χ0v) is 10.9. The molecule has 0 unspecified atom stereocenters. The van der Waals surface area contributed by atoms with Gasteiger partial charge in [0.15, 0.2) is 0 Å². The lowest BCUT2D eigenvalue weighted by Crippen LogP contribution is -1.93. The standard InChI is InChI=1S/C10H11BrN2OS/c1-5(2)8-9(13-14-10(8)12)6-3-7(11)15-4-6/h3-5H,12H2,1-2H3. The maximum atomic E-state index is 5.75. The molecule has 0 radical (unpaired) electrons. The largest absolute Gasteiger partial charge is 0.367 e. The molecule has 3 nitrogen and oxygen atoms in total. The van der Waals surface area contributed by atoms with Crippen molar-refractivity contribution >= 4 is 33.2 Å². The highest BCUT2D eigenvalue weighted by molar-refractivity contribution is 9.11.